The summed E-state index contributed by atoms with van der Waals surface area (Å²) < 4.78 is 5.39. The van der Waals surface area contributed by atoms with Crippen molar-refractivity contribution in [2.45, 2.75) is 58.4 Å². The van der Waals surface area contributed by atoms with Crippen molar-refractivity contribution in [3.63, 3.8) is 0 Å². The van der Waals surface area contributed by atoms with Crippen LogP contribution in [0.3, 0.4) is 0 Å². The molecule has 0 bridgehead atoms. The fourth-order valence-corrected chi connectivity index (χ4v) is 1.76. The molecule has 2 nitrogen and oxygen atoms in total. The Bertz CT molecular complexity index is 202. The van der Waals surface area contributed by atoms with Gasteiger partial charge in [-0.05, 0) is 32.6 Å². The monoisotopic (exact) mass is 264 g/mol. The summed E-state index contributed by atoms with van der Waals surface area (Å²) in [4.78, 5) is 11.1. The van der Waals surface area contributed by atoms with Crippen LogP contribution < -0.4 is 0 Å². The quantitative estimate of drug-likeness (QED) is 0.576. The van der Waals surface area contributed by atoms with E-state index in [4.69, 9.17) is 4.74 Å². The van der Waals surface area contributed by atoms with Crippen molar-refractivity contribution in [3.8, 4) is 0 Å². The van der Waals surface area contributed by atoms with Crippen LogP contribution >= 0.6 is 15.9 Å². The third kappa shape index (κ3) is 6.41. The van der Waals surface area contributed by atoms with Crippen molar-refractivity contribution >= 4 is 21.9 Å². The minimum absolute atomic E-state index is 0.166. The van der Waals surface area contributed by atoms with Gasteiger partial charge in [-0.2, -0.15) is 0 Å². The number of rotatable bonds is 3. The van der Waals surface area contributed by atoms with Gasteiger partial charge in [-0.3, -0.25) is 4.79 Å². The number of esters is 1. The van der Waals surface area contributed by atoms with E-state index in [1.807, 2.05) is 13.8 Å². The van der Waals surface area contributed by atoms with Crippen molar-refractivity contribution in [2.75, 3.05) is 0 Å². The van der Waals surface area contributed by atoms with Crippen LogP contribution in [-0.4, -0.2) is 16.4 Å². The van der Waals surface area contributed by atoms with E-state index in [1.54, 1.807) is 6.92 Å². The van der Waals surface area contributed by atoms with Gasteiger partial charge in [0.25, 0.3) is 0 Å². The predicted molar refractivity (Wildman–Crippen MR) is 62.6 cm³/mol. The number of carbonyl (C=O) groups excluding carboxylic acids is 1. The molecule has 0 aliphatic rings. The van der Waals surface area contributed by atoms with Gasteiger partial charge in [0.05, 0.1) is 0 Å². The van der Waals surface area contributed by atoms with Gasteiger partial charge in [0, 0.05) is 0 Å². The predicted octanol–water partition coefficient (Wildman–Crippen LogP) is 3.53. The minimum atomic E-state index is -0.392. The van der Waals surface area contributed by atoms with Gasteiger partial charge in [0.1, 0.15) is 10.4 Å². The van der Waals surface area contributed by atoms with Crippen LogP contribution in [0.25, 0.3) is 0 Å². The molecule has 0 aromatic rings. The zero-order chi connectivity index (χ0) is 11.6. The first-order valence-electron chi connectivity index (χ1n) is 4.90. The van der Waals surface area contributed by atoms with Crippen LogP contribution in [0.2, 0.25) is 0 Å². The molecule has 0 saturated carbocycles. The maximum Gasteiger partial charge on any atom is 0.319 e. The lowest BCUT2D eigenvalue weighted by Gasteiger charge is -2.32. The molecule has 0 aliphatic heterocycles. The standard InChI is InChI=1S/C11H21BrO2/c1-8(12)9(13)14-11(5,6)7-10(2,3)4/h8H,7H2,1-6H3. The van der Waals surface area contributed by atoms with Gasteiger partial charge in [-0.15, -0.1) is 0 Å². The Morgan fingerprint density at radius 2 is 1.71 bits per heavy atom. The first-order valence-corrected chi connectivity index (χ1v) is 5.82. The molecule has 0 saturated heterocycles. The van der Waals surface area contributed by atoms with Crippen molar-refractivity contribution in [1.29, 1.82) is 0 Å². The summed E-state index contributed by atoms with van der Waals surface area (Å²) in [5.41, 5.74) is -0.226. The second-order valence-electron chi connectivity index (χ2n) is 5.53. The molecule has 0 aromatic heterocycles. The van der Waals surface area contributed by atoms with Crippen LogP contribution in [0.15, 0.2) is 0 Å². The van der Waals surface area contributed by atoms with E-state index in [2.05, 4.69) is 36.7 Å². The largest absolute Gasteiger partial charge is 0.459 e. The molecule has 3 heteroatoms. The molecule has 0 fully saturated rings. The highest BCUT2D eigenvalue weighted by Gasteiger charge is 2.29. The van der Waals surface area contributed by atoms with Crippen molar-refractivity contribution in [3.05, 3.63) is 0 Å². The Morgan fingerprint density at radius 3 is 2.00 bits per heavy atom. The van der Waals surface area contributed by atoms with Crippen molar-refractivity contribution < 1.29 is 9.53 Å². The number of ether oxygens (including phenoxy) is 1. The molecule has 0 aliphatic carbocycles. The van der Waals surface area contributed by atoms with Crippen molar-refractivity contribution in [1.82, 2.24) is 0 Å². The SMILES string of the molecule is CC(Br)C(=O)OC(C)(C)CC(C)(C)C. The molecule has 14 heavy (non-hydrogen) atoms. The number of alkyl halides is 1. The first-order chi connectivity index (χ1) is 6.03. The molecule has 1 unspecified atom stereocenters. The fourth-order valence-electron chi connectivity index (χ4n) is 1.67. The van der Waals surface area contributed by atoms with Gasteiger partial charge < -0.3 is 4.74 Å². The third-order valence-corrected chi connectivity index (χ3v) is 2.03. The molecule has 0 aromatic carbocycles. The molecule has 84 valence electrons. The van der Waals surface area contributed by atoms with Crippen molar-refractivity contribution in [2.24, 2.45) is 5.41 Å². The average Bonchev–Trinajstić information content (AvgIpc) is 1.78. The van der Waals surface area contributed by atoms with E-state index in [0.717, 1.165) is 6.42 Å². The number of carbonyl (C=O) groups is 1. The molecule has 0 spiro atoms. The minimum Gasteiger partial charge on any atom is -0.459 e. The van der Waals surface area contributed by atoms with Crippen LogP contribution in [0, 0.1) is 5.41 Å². The van der Waals surface area contributed by atoms with E-state index < -0.39 is 5.60 Å². The lowest BCUT2D eigenvalue weighted by Crippen LogP contribution is -2.34. The van der Waals surface area contributed by atoms with Gasteiger partial charge >= 0.3 is 5.97 Å². The topological polar surface area (TPSA) is 26.3 Å². The molecular weight excluding hydrogens is 244 g/mol. The molecule has 0 heterocycles. The Kier molecular flexibility index (Phi) is 4.63. The van der Waals surface area contributed by atoms with Gasteiger partial charge in [0.15, 0.2) is 0 Å². The van der Waals surface area contributed by atoms with E-state index in [1.165, 1.54) is 0 Å². The van der Waals surface area contributed by atoms with E-state index in [9.17, 15) is 4.79 Å². The third-order valence-electron chi connectivity index (χ3n) is 1.66. The Balaban J connectivity index is 4.28. The fraction of sp³-hybridized carbons (Fsp3) is 0.909. The Labute approximate surface area is 95.5 Å². The van der Waals surface area contributed by atoms with Crippen LogP contribution in [0.4, 0.5) is 0 Å². The van der Waals surface area contributed by atoms with E-state index in [0.29, 0.717) is 0 Å². The van der Waals surface area contributed by atoms with Gasteiger partial charge in [-0.25, -0.2) is 0 Å². The summed E-state index contributed by atoms with van der Waals surface area (Å²) in [6.07, 6.45) is 0.853. The highest BCUT2D eigenvalue weighted by molar-refractivity contribution is 9.10. The van der Waals surface area contributed by atoms with E-state index >= 15 is 0 Å². The van der Waals surface area contributed by atoms with Crippen LogP contribution in [0.5, 0.6) is 0 Å². The number of hydrogen-bond donors (Lipinski definition) is 0. The summed E-state index contributed by atoms with van der Waals surface area (Å²) in [7, 11) is 0. The maximum atomic E-state index is 11.4. The Morgan fingerprint density at radius 1 is 1.29 bits per heavy atom. The highest BCUT2D eigenvalue weighted by Crippen LogP contribution is 2.29. The summed E-state index contributed by atoms with van der Waals surface area (Å²) in [6.45, 7) is 12.1. The lowest BCUT2D eigenvalue weighted by molar-refractivity contribution is -0.157. The zero-order valence-corrected chi connectivity index (χ0v) is 11.6. The van der Waals surface area contributed by atoms with Gasteiger partial charge in [-0.1, -0.05) is 36.7 Å². The summed E-state index contributed by atoms with van der Waals surface area (Å²) in [5, 5.41) is 0. The normalized spacial score (nSPS) is 15.1. The summed E-state index contributed by atoms with van der Waals surface area (Å²) >= 11 is 3.20. The maximum absolute atomic E-state index is 11.4. The molecule has 1 atom stereocenters. The second-order valence-corrected chi connectivity index (χ2v) is 6.91. The van der Waals surface area contributed by atoms with Crippen LogP contribution in [-0.2, 0) is 9.53 Å². The van der Waals surface area contributed by atoms with Gasteiger partial charge in [0.2, 0.25) is 0 Å². The lowest BCUT2D eigenvalue weighted by atomic mass is 9.83. The molecule has 0 radical (unpaired) electrons. The summed E-state index contributed by atoms with van der Waals surface area (Å²) in [6, 6.07) is 0. The Hall–Kier alpha value is -0.0500. The average molecular weight is 265 g/mol. The first kappa shape index (κ1) is 13.9. The number of hydrogen-bond acceptors (Lipinski definition) is 2. The van der Waals surface area contributed by atoms with E-state index in [-0.39, 0.29) is 16.2 Å². The highest BCUT2D eigenvalue weighted by atomic mass is 79.9. The second kappa shape index (κ2) is 4.65. The molecule has 0 rings (SSSR count). The van der Waals surface area contributed by atoms with Crippen LogP contribution in [0.1, 0.15) is 48.0 Å². The summed E-state index contributed by atoms with van der Waals surface area (Å²) in [5.74, 6) is -0.195. The molecule has 0 amide bonds. The smallest absolute Gasteiger partial charge is 0.319 e. The molecule has 0 N–H and O–H groups in total. The zero-order valence-electron chi connectivity index (χ0n) is 9.98. The number of halogens is 1. The molecular formula is C11H21BrO2.